The minimum absolute atomic E-state index is 0.000827. The maximum absolute atomic E-state index is 12.5. The Bertz CT molecular complexity index is 481. The summed E-state index contributed by atoms with van der Waals surface area (Å²) in [4.78, 5) is 12.5. The first kappa shape index (κ1) is 17.6. The number of nitrogens with one attached hydrogen (secondary N) is 1. The lowest BCUT2D eigenvalue weighted by molar-refractivity contribution is -0.129. The molecule has 2 rings (SSSR count). The van der Waals surface area contributed by atoms with E-state index in [1.165, 1.54) is 32.1 Å². The molecule has 4 nitrogen and oxygen atoms in total. The van der Waals surface area contributed by atoms with Crippen LogP contribution >= 0.6 is 0 Å². The van der Waals surface area contributed by atoms with Gasteiger partial charge in [-0.05, 0) is 31.4 Å². The maximum Gasteiger partial charge on any atom is 0.261 e. The number of carbonyl (C=O) groups excluding carboxylic acids is 1. The zero-order valence-electron chi connectivity index (χ0n) is 14.3. The summed E-state index contributed by atoms with van der Waals surface area (Å²) in [7, 11) is 1.62. The SMILES string of the molecule is CC[C@H](Oc1cccc(OC)c1)C(=O)NC1CCCCCCC1. The number of methoxy groups -OCH3 is 1. The largest absolute Gasteiger partial charge is 0.497 e. The van der Waals surface area contributed by atoms with Crippen LogP contribution in [0.2, 0.25) is 0 Å². The first-order chi connectivity index (χ1) is 11.2. The van der Waals surface area contributed by atoms with Gasteiger partial charge in [-0.15, -0.1) is 0 Å². The Kier molecular flexibility index (Phi) is 7.24. The van der Waals surface area contributed by atoms with Gasteiger partial charge in [0.05, 0.1) is 7.11 Å². The summed E-state index contributed by atoms with van der Waals surface area (Å²) in [6.07, 6.45) is 8.67. The second-order valence-corrected chi connectivity index (χ2v) is 6.24. The van der Waals surface area contributed by atoms with Crippen LogP contribution in [-0.2, 0) is 4.79 Å². The van der Waals surface area contributed by atoms with Crippen LogP contribution in [-0.4, -0.2) is 25.2 Å². The Morgan fingerprint density at radius 2 is 1.83 bits per heavy atom. The molecule has 128 valence electrons. The Morgan fingerprint density at radius 3 is 2.48 bits per heavy atom. The molecular formula is C19H29NO3. The lowest BCUT2D eigenvalue weighted by Crippen LogP contribution is -2.43. The van der Waals surface area contributed by atoms with Crippen LogP contribution < -0.4 is 14.8 Å². The number of benzene rings is 1. The van der Waals surface area contributed by atoms with Crippen molar-refractivity contribution in [3.8, 4) is 11.5 Å². The van der Waals surface area contributed by atoms with Crippen molar-refractivity contribution < 1.29 is 14.3 Å². The second-order valence-electron chi connectivity index (χ2n) is 6.24. The average Bonchev–Trinajstić information content (AvgIpc) is 2.55. The summed E-state index contributed by atoms with van der Waals surface area (Å²) in [6.45, 7) is 1.97. The number of hydrogen-bond acceptors (Lipinski definition) is 3. The summed E-state index contributed by atoms with van der Waals surface area (Å²) in [5, 5.41) is 3.19. The molecule has 1 fully saturated rings. The van der Waals surface area contributed by atoms with E-state index in [9.17, 15) is 4.79 Å². The Balaban J connectivity index is 1.91. The average molecular weight is 319 g/mol. The van der Waals surface area contributed by atoms with Crippen molar-refractivity contribution in [3.05, 3.63) is 24.3 Å². The molecule has 0 spiro atoms. The third-order valence-corrected chi connectivity index (χ3v) is 4.43. The molecule has 1 aliphatic rings. The molecule has 0 bridgehead atoms. The van der Waals surface area contributed by atoms with Crippen LogP contribution in [0.3, 0.4) is 0 Å². The van der Waals surface area contributed by atoms with E-state index in [2.05, 4.69) is 5.32 Å². The molecule has 1 atom stereocenters. The fraction of sp³-hybridized carbons (Fsp3) is 0.632. The molecule has 0 saturated heterocycles. The highest BCUT2D eigenvalue weighted by atomic mass is 16.5. The van der Waals surface area contributed by atoms with Gasteiger partial charge in [0.1, 0.15) is 11.5 Å². The fourth-order valence-corrected chi connectivity index (χ4v) is 3.06. The first-order valence-corrected chi connectivity index (χ1v) is 8.84. The summed E-state index contributed by atoms with van der Waals surface area (Å²) >= 11 is 0. The topological polar surface area (TPSA) is 47.6 Å². The molecule has 0 aliphatic heterocycles. The molecular weight excluding hydrogens is 290 g/mol. The Labute approximate surface area is 139 Å². The van der Waals surface area contributed by atoms with E-state index in [4.69, 9.17) is 9.47 Å². The van der Waals surface area contributed by atoms with Crippen molar-refractivity contribution in [3.63, 3.8) is 0 Å². The van der Waals surface area contributed by atoms with Crippen molar-refractivity contribution in [2.45, 2.75) is 70.4 Å². The lowest BCUT2D eigenvalue weighted by atomic mass is 9.96. The molecule has 1 aromatic carbocycles. The first-order valence-electron chi connectivity index (χ1n) is 8.84. The predicted molar refractivity (Wildman–Crippen MR) is 92.0 cm³/mol. The molecule has 0 aromatic heterocycles. The standard InChI is InChI=1S/C19H29NO3/c1-3-18(23-17-13-9-12-16(14-17)22-2)19(21)20-15-10-7-5-4-6-8-11-15/h9,12-15,18H,3-8,10-11H2,1-2H3,(H,20,21)/t18-/m0/s1. The molecule has 4 heteroatoms. The van der Waals surface area contributed by atoms with E-state index in [1.807, 2.05) is 31.2 Å². The zero-order valence-corrected chi connectivity index (χ0v) is 14.3. The van der Waals surface area contributed by atoms with Crippen LogP contribution in [0.15, 0.2) is 24.3 Å². The number of rotatable bonds is 6. The van der Waals surface area contributed by atoms with Gasteiger partial charge in [-0.25, -0.2) is 0 Å². The molecule has 1 aromatic rings. The van der Waals surface area contributed by atoms with Gasteiger partial charge in [-0.2, -0.15) is 0 Å². The quantitative estimate of drug-likeness (QED) is 0.859. The van der Waals surface area contributed by atoms with E-state index in [-0.39, 0.29) is 5.91 Å². The molecule has 0 radical (unpaired) electrons. The van der Waals surface area contributed by atoms with Gasteiger partial charge in [-0.3, -0.25) is 4.79 Å². The smallest absolute Gasteiger partial charge is 0.261 e. The van der Waals surface area contributed by atoms with Crippen LogP contribution in [0.1, 0.15) is 58.3 Å². The molecule has 1 aliphatic carbocycles. The molecule has 1 amide bonds. The van der Waals surface area contributed by atoms with Crippen LogP contribution in [0, 0.1) is 0 Å². The van der Waals surface area contributed by atoms with Crippen molar-refractivity contribution in [2.75, 3.05) is 7.11 Å². The normalized spacial score (nSPS) is 17.7. The highest BCUT2D eigenvalue weighted by molar-refractivity contribution is 5.81. The number of ether oxygens (including phenoxy) is 2. The van der Waals surface area contributed by atoms with Gasteiger partial charge in [0.15, 0.2) is 6.10 Å². The Morgan fingerprint density at radius 1 is 1.17 bits per heavy atom. The summed E-state index contributed by atoms with van der Waals surface area (Å²) in [5.41, 5.74) is 0. The summed E-state index contributed by atoms with van der Waals surface area (Å²) in [5.74, 6) is 1.41. The number of carbonyl (C=O) groups is 1. The highest BCUT2D eigenvalue weighted by Gasteiger charge is 2.22. The minimum atomic E-state index is -0.451. The van der Waals surface area contributed by atoms with Crippen molar-refractivity contribution in [1.29, 1.82) is 0 Å². The second kappa shape index (κ2) is 9.43. The van der Waals surface area contributed by atoms with Gasteiger partial charge in [-0.1, -0.05) is 45.1 Å². The van der Waals surface area contributed by atoms with E-state index in [0.29, 0.717) is 18.2 Å². The third kappa shape index (κ3) is 5.77. The molecule has 0 heterocycles. The minimum Gasteiger partial charge on any atom is -0.497 e. The lowest BCUT2D eigenvalue weighted by Gasteiger charge is -2.24. The zero-order chi connectivity index (χ0) is 16.5. The fourth-order valence-electron chi connectivity index (χ4n) is 3.06. The van der Waals surface area contributed by atoms with E-state index in [0.717, 1.165) is 18.6 Å². The molecule has 1 saturated carbocycles. The van der Waals surface area contributed by atoms with Gasteiger partial charge in [0.25, 0.3) is 5.91 Å². The summed E-state index contributed by atoms with van der Waals surface area (Å²) in [6, 6.07) is 7.70. The predicted octanol–water partition coefficient (Wildman–Crippen LogP) is 4.08. The van der Waals surface area contributed by atoms with Gasteiger partial charge < -0.3 is 14.8 Å². The van der Waals surface area contributed by atoms with E-state index in [1.54, 1.807) is 7.11 Å². The maximum atomic E-state index is 12.5. The van der Waals surface area contributed by atoms with Gasteiger partial charge in [0, 0.05) is 12.1 Å². The molecule has 1 N–H and O–H groups in total. The van der Waals surface area contributed by atoms with Crippen LogP contribution in [0.5, 0.6) is 11.5 Å². The molecule has 0 unspecified atom stereocenters. The molecule has 23 heavy (non-hydrogen) atoms. The third-order valence-electron chi connectivity index (χ3n) is 4.43. The van der Waals surface area contributed by atoms with E-state index < -0.39 is 6.10 Å². The van der Waals surface area contributed by atoms with Crippen LogP contribution in [0.4, 0.5) is 0 Å². The van der Waals surface area contributed by atoms with Crippen molar-refractivity contribution >= 4 is 5.91 Å². The summed E-state index contributed by atoms with van der Waals surface area (Å²) < 4.78 is 11.1. The monoisotopic (exact) mass is 319 g/mol. The van der Waals surface area contributed by atoms with Gasteiger partial charge in [0.2, 0.25) is 0 Å². The number of amides is 1. The highest BCUT2D eigenvalue weighted by Crippen LogP contribution is 2.21. The Hall–Kier alpha value is -1.71. The van der Waals surface area contributed by atoms with Gasteiger partial charge >= 0.3 is 0 Å². The van der Waals surface area contributed by atoms with Crippen LogP contribution in [0.25, 0.3) is 0 Å². The van der Waals surface area contributed by atoms with Crippen molar-refractivity contribution in [2.24, 2.45) is 0 Å². The van der Waals surface area contributed by atoms with Crippen molar-refractivity contribution in [1.82, 2.24) is 5.32 Å². The van der Waals surface area contributed by atoms with E-state index >= 15 is 0 Å². The number of hydrogen-bond donors (Lipinski definition) is 1.